The number of rotatable bonds is 16. The number of ether oxygens (including phenoxy) is 4. The molecular weight excluding hydrogens is 402 g/mol. The van der Waals surface area contributed by atoms with Crippen molar-refractivity contribution in [1.82, 2.24) is 0 Å². The van der Waals surface area contributed by atoms with Crippen molar-refractivity contribution in [2.75, 3.05) is 63.4 Å². The SMILES string of the molecule is CCCCNc1ccc(C(=O)OCCOCCOCCOCCBr)cc1. The lowest BCUT2D eigenvalue weighted by atomic mass is 10.2. The van der Waals surface area contributed by atoms with Crippen LogP contribution >= 0.6 is 15.9 Å². The zero-order chi connectivity index (χ0) is 18.9. The molecule has 0 aliphatic carbocycles. The summed E-state index contributed by atoms with van der Waals surface area (Å²) >= 11 is 3.28. The van der Waals surface area contributed by atoms with Gasteiger partial charge in [-0.1, -0.05) is 29.3 Å². The average molecular weight is 432 g/mol. The van der Waals surface area contributed by atoms with E-state index >= 15 is 0 Å². The third-order valence-electron chi connectivity index (χ3n) is 3.41. The molecule has 1 rings (SSSR count). The molecule has 0 aliphatic rings. The van der Waals surface area contributed by atoms with Gasteiger partial charge in [-0.2, -0.15) is 0 Å². The summed E-state index contributed by atoms with van der Waals surface area (Å²) in [5.74, 6) is -0.339. The van der Waals surface area contributed by atoms with Crippen LogP contribution in [0.2, 0.25) is 0 Å². The number of carbonyl (C=O) groups excluding carboxylic acids is 1. The lowest BCUT2D eigenvalue weighted by molar-refractivity contribution is 0.00210. The van der Waals surface area contributed by atoms with Crippen LogP contribution in [-0.2, 0) is 18.9 Å². The zero-order valence-corrected chi connectivity index (χ0v) is 17.1. The van der Waals surface area contributed by atoms with Crippen LogP contribution in [0.3, 0.4) is 0 Å². The van der Waals surface area contributed by atoms with E-state index in [1.165, 1.54) is 0 Å². The molecule has 0 amide bonds. The number of alkyl halides is 1. The van der Waals surface area contributed by atoms with Gasteiger partial charge < -0.3 is 24.3 Å². The monoisotopic (exact) mass is 431 g/mol. The second-order valence-electron chi connectivity index (χ2n) is 5.52. The van der Waals surface area contributed by atoms with Crippen LogP contribution in [0.25, 0.3) is 0 Å². The fourth-order valence-corrected chi connectivity index (χ4v) is 2.24. The minimum absolute atomic E-state index is 0.226. The highest BCUT2D eigenvalue weighted by Crippen LogP contribution is 2.10. The molecule has 0 spiro atoms. The molecule has 0 fully saturated rings. The molecule has 0 radical (unpaired) electrons. The number of anilines is 1. The Bertz CT molecular complexity index is 470. The minimum atomic E-state index is -0.339. The van der Waals surface area contributed by atoms with E-state index in [-0.39, 0.29) is 12.6 Å². The number of benzene rings is 1. The van der Waals surface area contributed by atoms with Gasteiger partial charge in [0.2, 0.25) is 0 Å². The first kappa shape index (κ1) is 22.9. The highest BCUT2D eigenvalue weighted by atomic mass is 79.9. The van der Waals surface area contributed by atoms with E-state index in [0.717, 1.165) is 30.4 Å². The molecule has 0 atom stereocenters. The predicted molar refractivity (Wildman–Crippen MR) is 106 cm³/mol. The Hall–Kier alpha value is -1.15. The fraction of sp³-hybridized carbons (Fsp3) is 0.632. The molecule has 26 heavy (non-hydrogen) atoms. The second kappa shape index (κ2) is 16.1. The number of nitrogens with one attached hydrogen (secondary N) is 1. The summed E-state index contributed by atoms with van der Waals surface area (Å²) in [4.78, 5) is 11.9. The van der Waals surface area contributed by atoms with Gasteiger partial charge in [0.05, 0.1) is 45.2 Å². The maximum atomic E-state index is 11.9. The van der Waals surface area contributed by atoms with E-state index in [2.05, 4.69) is 28.2 Å². The first-order valence-electron chi connectivity index (χ1n) is 9.08. The largest absolute Gasteiger partial charge is 0.460 e. The minimum Gasteiger partial charge on any atom is -0.460 e. The van der Waals surface area contributed by atoms with Gasteiger partial charge >= 0.3 is 5.97 Å². The Labute approximate surface area is 164 Å². The molecule has 1 aromatic rings. The van der Waals surface area contributed by atoms with Crippen molar-refractivity contribution in [2.24, 2.45) is 0 Å². The van der Waals surface area contributed by atoms with E-state index in [4.69, 9.17) is 18.9 Å². The zero-order valence-electron chi connectivity index (χ0n) is 15.5. The first-order chi connectivity index (χ1) is 12.8. The number of hydrogen-bond donors (Lipinski definition) is 1. The van der Waals surface area contributed by atoms with Gasteiger partial charge in [-0.3, -0.25) is 0 Å². The van der Waals surface area contributed by atoms with E-state index < -0.39 is 0 Å². The Morgan fingerprint density at radius 1 is 0.923 bits per heavy atom. The van der Waals surface area contributed by atoms with Gasteiger partial charge in [-0.05, 0) is 30.7 Å². The number of carbonyl (C=O) groups is 1. The van der Waals surface area contributed by atoms with Crippen molar-refractivity contribution < 1.29 is 23.7 Å². The smallest absolute Gasteiger partial charge is 0.338 e. The summed E-state index contributed by atoms with van der Waals surface area (Å²) in [5.41, 5.74) is 1.55. The average Bonchev–Trinajstić information content (AvgIpc) is 2.66. The van der Waals surface area contributed by atoms with Crippen molar-refractivity contribution >= 4 is 27.6 Å². The van der Waals surface area contributed by atoms with Crippen LogP contribution < -0.4 is 5.32 Å². The molecule has 1 N–H and O–H groups in total. The summed E-state index contributed by atoms with van der Waals surface area (Å²) in [6.07, 6.45) is 2.27. The molecule has 0 saturated heterocycles. The molecule has 7 heteroatoms. The van der Waals surface area contributed by atoms with Crippen molar-refractivity contribution in [2.45, 2.75) is 19.8 Å². The predicted octanol–water partition coefficient (Wildman–Crippen LogP) is 3.50. The van der Waals surface area contributed by atoms with Gasteiger partial charge in [-0.15, -0.1) is 0 Å². The fourth-order valence-electron chi connectivity index (χ4n) is 2.01. The third kappa shape index (κ3) is 11.5. The molecule has 0 aromatic heterocycles. The van der Waals surface area contributed by atoms with Crippen LogP contribution in [0.15, 0.2) is 24.3 Å². The van der Waals surface area contributed by atoms with Crippen molar-refractivity contribution in [3.63, 3.8) is 0 Å². The molecule has 0 unspecified atom stereocenters. The summed E-state index contributed by atoms with van der Waals surface area (Å²) in [7, 11) is 0. The molecule has 1 aromatic carbocycles. The second-order valence-corrected chi connectivity index (χ2v) is 6.31. The number of hydrogen-bond acceptors (Lipinski definition) is 6. The lowest BCUT2D eigenvalue weighted by Crippen LogP contribution is -2.14. The van der Waals surface area contributed by atoms with Gasteiger partial charge in [0, 0.05) is 17.6 Å². The van der Waals surface area contributed by atoms with E-state index in [9.17, 15) is 4.79 Å². The summed E-state index contributed by atoms with van der Waals surface area (Å²) in [6.45, 7) is 6.45. The maximum absolute atomic E-state index is 11.9. The van der Waals surface area contributed by atoms with Gasteiger partial charge in [0.25, 0.3) is 0 Å². The standard InChI is InChI=1S/C19H30BrNO5/c1-2-3-9-21-18-6-4-17(5-7-18)19(22)26-16-15-25-14-13-24-12-11-23-10-8-20/h4-7,21H,2-3,8-16H2,1H3. The van der Waals surface area contributed by atoms with Gasteiger partial charge in [0.15, 0.2) is 0 Å². The summed E-state index contributed by atoms with van der Waals surface area (Å²) in [5, 5.41) is 4.14. The molecule has 0 saturated carbocycles. The molecular formula is C19H30BrNO5. The van der Waals surface area contributed by atoms with Crippen molar-refractivity contribution in [3.05, 3.63) is 29.8 Å². The van der Waals surface area contributed by atoms with E-state index in [1.807, 2.05) is 12.1 Å². The van der Waals surface area contributed by atoms with E-state index in [1.54, 1.807) is 12.1 Å². The summed E-state index contributed by atoms with van der Waals surface area (Å²) in [6, 6.07) is 7.31. The molecule has 6 nitrogen and oxygen atoms in total. The Kier molecular flexibility index (Phi) is 14.1. The molecule has 0 bridgehead atoms. The Balaban J connectivity index is 2.02. The van der Waals surface area contributed by atoms with Crippen LogP contribution in [0.5, 0.6) is 0 Å². The molecule has 0 aliphatic heterocycles. The van der Waals surface area contributed by atoms with Crippen molar-refractivity contribution in [3.8, 4) is 0 Å². The Morgan fingerprint density at radius 3 is 2.08 bits per heavy atom. The van der Waals surface area contributed by atoms with E-state index in [0.29, 0.717) is 45.2 Å². The number of unbranched alkanes of at least 4 members (excludes halogenated alkanes) is 1. The van der Waals surface area contributed by atoms with Gasteiger partial charge in [-0.25, -0.2) is 4.79 Å². The van der Waals surface area contributed by atoms with Crippen LogP contribution in [-0.4, -0.2) is 64.1 Å². The first-order valence-corrected chi connectivity index (χ1v) is 10.2. The summed E-state index contributed by atoms with van der Waals surface area (Å²) < 4.78 is 21.1. The lowest BCUT2D eigenvalue weighted by Gasteiger charge is -2.08. The van der Waals surface area contributed by atoms with Crippen LogP contribution in [0, 0.1) is 0 Å². The van der Waals surface area contributed by atoms with Crippen molar-refractivity contribution in [1.29, 1.82) is 0 Å². The highest BCUT2D eigenvalue weighted by molar-refractivity contribution is 9.09. The Morgan fingerprint density at radius 2 is 1.50 bits per heavy atom. The molecule has 0 heterocycles. The van der Waals surface area contributed by atoms with Crippen LogP contribution in [0.4, 0.5) is 5.69 Å². The normalized spacial score (nSPS) is 10.7. The highest BCUT2D eigenvalue weighted by Gasteiger charge is 2.06. The maximum Gasteiger partial charge on any atom is 0.338 e. The van der Waals surface area contributed by atoms with Gasteiger partial charge in [0.1, 0.15) is 6.61 Å². The quantitative estimate of drug-likeness (QED) is 0.245. The third-order valence-corrected chi connectivity index (χ3v) is 3.73. The number of halogens is 1. The van der Waals surface area contributed by atoms with Crippen LogP contribution in [0.1, 0.15) is 30.1 Å². The topological polar surface area (TPSA) is 66.0 Å². The molecule has 148 valence electrons. The number of esters is 1.